The molecule has 1 aliphatic rings. The van der Waals surface area contributed by atoms with Crippen molar-refractivity contribution in [3.05, 3.63) is 35.9 Å². The van der Waals surface area contributed by atoms with Gasteiger partial charge in [0.05, 0.1) is 6.61 Å². The van der Waals surface area contributed by atoms with E-state index >= 15 is 0 Å². The molecule has 0 bridgehead atoms. The number of likely N-dealkylation sites (tertiary alicyclic amines) is 1. The van der Waals surface area contributed by atoms with E-state index in [1.807, 2.05) is 17.9 Å². The summed E-state index contributed by atoms with van der Waals surface area (Å²) < 4.78 is 5.68. The lowest BCUT2D eigenvalue weighted by atomic mass is 10.2. The van der Waals surface area contributed by atoms with Crippen LogP contribution >= 0.6 is 0 Å². The number of ether oxygens (including phenoxy) is 1. The van der Waals surface area contributed by atoms with Gasteiger partial charge in [0.1, 0.15) is 6.54 Å². The Morgan fingerprint density at radius 2 is 1.92 bits per heavy atom. The van der Waals surface area contributed by atoms with Crippen LogP contribution in [0.1, 0.15) is 31.7 Å². The highest BCUT2D eigenvalue weighted by atomic mass is 16.5. The molecule has 1 heterocycles. The third-order valence-corrected chi connectivity index (χ3v) is 4.31. The number of carbonyl (C=O) groups is 1. The fraction of sp³-hybridized carbons (Fsp3) is 0.600. The van der Waals surface area contributed by atoms with Gasteiger partial charge >= 0.3 is 0 Å². The number of amides is 1. The van der Waals surface area contributed by atoms with Crippen molar-refractivity contribution >= 4 is 11.9 Å². The van der Waals surface area contributed by atoms with Gasteiger partial charge in [-0.05, 0) is 38.2 Å². The highest BCUT2D eigenvalue weighted by molar-refractivity contribution is 5.85. The second-order valence-electron chi connectivity index (χ2n) is 6.41. The molecule has 0 atom stereocenters. The van der Waals surface area contributed by atoms with Crippen molar-refractivity contribution in [2.75, 3.05) is 45.9 Å². The van der Waals surface area contributed by atoms with Crippen LogP contribution in [0.25, 0.3) is 0 Å². The van der Waals surface area contributed by atoms with Crippen LogP contribution in [0.15, 0.2) is 35.3 Å². The molecule has 0 aliphatic carbocycles. The predicted molar refractivity (Wildman–Crippen MR) is 105 cm³/mol. The van der Waals surface area contributed by atoms with E-state index in [-0.39, 0.29) is 12.5 Å². The minimum Gasteiger partial charge on any atom is -0.381 e. The quantitative estimate of drug-likeness (QED) is 0.379. The number of nitrogens with one attached hydrogen (secondary N) is 2. The minimum absolute atomic E-state index is 0.115. The first kappa shape index (κ1) is 20.2. The summed E-state index contributed by atoms with van der Waals surface area (Å²) in [6, 6.07) is 10.4. The third-order valence-electron chi connectivity index (χ3n) is 4.31. The normalized spacial score (nSPS) is 14.5. The maximum absolute atomic E-state index is 12.1. The van der Waals surface area contributed by atoms with E-state index in [0.717, 1.165) is 58.5 Å². The first-order valence-corrected chi connectivity index (χ1v) is 9.71. The molecule has 1 saturated heterocycles. The predicted octanol–water partition coefficient (Wildman–Crippen LogP) is 1.81. The number of guanidine groups is 1. The van der Waals surface area contributed by atoms with Crippen molar-refractivity contribution in [3.63, 3.8) is 0 Å². The first-order valence-electron chi connectivity index (χ1n) is 9.71. The Balaban J connectivity index is 1.57. The average molecular weight is 361 g/mol. The molecular formula is C20H32N4O2. The molecule has 2 rings (SSSR count). The smallest absolute Gasteiger partial charge is 0.244 e. The largest absolute Gasteiger partial charge is 0.381 e. The summed E-state index contributed by atoms with van der Waals surface area (Å²) in [5, 5.41) is 6.44. The van der Waals surface area contributed by atoms with Gasteiger partial charge in [-0.1, -0.05) is 30.3 Å². The van der Waals surface area contributed by atoms with Gasteiger partial charge in [0.15, 0.2) is 5.96 Å². The molecule has 0 aromatic heterocycles. The summed E-state index contributed by atoms with van der Waals surface area (Å²) in [5.41, 5.74) is 1.30. The van der Waals surface area contributed by atoms with Crippen LogP contribution in [0.5, 0.6) is 0 Å². The molecule has 0 spiro atoms. The number of carbonyl (C=O) groups excluding carboxylic acids is 1. The number of hydrogen-bond acceptors (Lipinski definition) is 3. The van der Waals surface area contributed by atoms with Crippen LogP contribution < -0.4 is 10.6 Å². The Labute approximate surface area is 157 Å². The second kappa shape index (κ2) is 12.3. The molecule has 26 heavy (non-hydrogen) atoms. The molecule has 0 radical (unpaired) electrons. The lowest BCUT2D eigenvalue weighted by Gasteiger charge is -2.15. The molecule has 1 aromatic carbocycles. The Bertz CT molecular complexity index is 542. The van der Waals surface area contributed by atoms with Crippen molar-refractivity contribution in [2.24, 2.45) is 4.99 Å². The van der Waals surface area contributed by atoms with E-state index < -0.39 is 0 Å². The van der Waals surface area contributed by atoms with Gasteiger partial charge < -0.3 is 20.3 Å². The van der Waals surface area contributed by atoms with Crippen molar-refractivity contribution in [1.29, 1.82) is 0 Å². The fourth-order valence-corrected chi connectivity index (χ4v) is 2.87. The van der Waals surface area contributed by atoms with Crippen molar-refractivity contribution < 1.29 is 9.53 Å². The summed E-state index contributed by atoms with van der Waals surface area (Å²) in [4.78, 5) is 18.4. The lowest BCUT2D eigenvalue weighted by Crippen LogP contribution is -2.39. The van der Waals surface area contributed by atoms with E-state index in [1.165, 1.54) is 5.56 Å². The van der Waals surface area contributed by atoms with Crippen LogP contribution in [0.2, 0.25) is 0 Å². The van der Waals surface area contributed by atoms with Crippen molar-refractivity contribution in [3.8, 4) is 0 Å². The van der Waals surface area contributed by atoms with Gasteiger partial charge in [-0.2, -0.15) is 0 Å². The number of rotatable bonds is 10. The maximum Gasteiger partial charge on any atom is 0.244 e. The number of aliphatic imine (C=N–C) groups is 1. The molecule has 0 saturated carbocycles. The zero-order valence-corrected chi connectivity index (χ0v) is 15.9. The standard InChI is InChI=1S/C20H32N4O2/c1-2-21-20(23-17-19(25)24-13-6-7-14-24)22-12-8-15-26-16-11-18-9-4-3-5-10-18/h3-5,9-10H,2,6-8,11-17H2,1H3,(H2,21,22,23). The molecule has 0 unspecified atom stereocenters. The summed E-state index contributed by atoms with van der Waals surface area (Å²) in [6.07, 6.45) is 4.06. The first-order chi connectivity index (χ1) is 12.8. The number of benzene rings is 1. The molecule has 1 aromatic rings. The van der Waals surface area contributed by atoms with Gasteiger partial charge in [-0.15, -0.1) is 0 Å². The lowest BCUT2D eigenvalue weighted by molar-refractivity contribution is -0.128. The van der Waals surface area contributed by atoms with Gasteiger partial charge in [0.25, 0.3) is 0 Å². The van der Waals surface area contributed by atoms with Gasteiger partial charge in [-0.25, -0.2) is 4.99 Å². The topological polar surface area (TPSA) is 66.0 Å². The number of hydrogen-bond donors (Lipinski definition) is 2. The van der Waals surface area contributed by atoms with Crippen LogP contribution in [0.4, 0.5) is 0 Å². The molecule has 1 aliphatic heterocycles. The summed E-state index contributed by atoms with van der Waals surface area (Å²) in [5.74, 6) is 0.813. The molecule has 1 amide bonds. The number of nitrogens with zero attached hydrogens (tertiary/aromatic N) is 2. The molecular weight excluding hydrogens is 328 g/mol. The molecule has 6 heteroatoms. The van der Waals surface area contributed by atoms with Gasteiger partial charge in [0.2, 0.25) is 5.91 Å². The van der Waals surface area contributed by atoms with E-state index in [4.69, 9.17) is 4.74 Å². The van der Waals surface area contributed by atoms with Crippen LogP contribution in [-0.4, -0.2) is 62.7 Å². The van der Waals surface area contributed by atoms with Gasteiger partial charge in [-0.3, -0.25) is 4.79 Å². The second-order valence-corrected chi connectivity index (χ2v) is 6.41. The Morgan fingerprint density at radius 3 is 2.65 bits per heavy atom. The van der Waals surface area contributed by atoms with Gasteiger partial charge in [0, 0.05) is 32.8 Å². The molecule has 1 fully saturated rings. The van der Waals surface area contributed by atoms with E-state index in [9.17, 15) is 4.79 Å². The maximum atomic E-state index is 12.1. The summed E-state index contributed by atoms with van der Waals surface area (Å²) in [6.45, 7) is 6.98. The summed E-state index contributed by atoms with van der Waals surface area (Å²) in [7, 11) is 0. The van der Waals surface area contributed by atoms with E-state index in [2.05, 4.69) is 39.9 Å². The van der Waals surface area contributed by atoms with E-state index in [0.29, 0.717) is 12.6 Å². The SMILES string of the molecule is CCNC(=NCC(=O)N1CCCC1)NCCCOCCc1ccccc1. The zero-order valence-electron chi connectivity index (χ0n) is 15.9. The van der Waals surface area contributed by atoms with Crippen molar-refractivity contribution in [2.45, 2.75) is 32.6 Å². The molecule has 2 N–H and O–H groups in total. The van der Waals surface area contributed by atoms with Crippen LogP contribution in [0.3, 0.4) is 0 Å². The monoisotopic (exact) mass is 360 g/mol. The third kappa shape index (κ3) is 7.87. The Morgan fingerprint density at radius 1 is 1.15 bits per heavy atom. The Kier molecular flexibility index (Phi) is 9.57. The van der Waals surface area contributed by atoms with Crippen LogP contribution in [-0.2, 0) is 16.0 Å². The molecule has 144 valence electrons. The average Bonchev–Trinajstić information content (AvgIpc) is 3.20. The Hall–Kier alpha value is -2.08. The van der Waals surface area contributed by atoms with E-state index in [1.54, 1.807) is 0 Å². The van der Waals surface area contributed by atoms with Crippen molar-refractivity contribution in [1.82, 2.24) is 15.5 Å². The minimum atomic E-state index is 0.115. The fourth-order valence-electron chi connectivity index (χ4n) is 2.87. The summed E-state index contributed by atoms with van der Waals surface area (Å²) >= 11 is 0. The highest BCUT2D eigenvalue weighted by Gasteiger charge is 2.17. The highest BCUT2D eigenvalue weighted by Crippen LogP contribution is 2.07. The zero-order chi connectivity index (χ0) is 18.5. The molecule has 6 nitrogen and oxygen atoms in total. The van der Waals surface area contributed by atoms with Crippen LogP contribution in [0, 0.1) is 0 Å².